The lowest BCUT2D eigenvalue weighted by Crippen LogP contribution is -2.57. The highest BCUT2D eigenvalue weighted by molar-refractivity contribution is 5.76. The molecule has 6 rings (SSSR count). The molecule has 30 heavy (non-hydrogen) atoms. The van der Waals surface area contributed by atoms with Gasteiger partial charge in [-0.25, -0.2) is 9.78 Å². The highest BCUT2D eigenvalue weighted by Crippen LogP contribution is 2.65. The van der Waals surface area contributed by atoms with Gasteiger partial charge in [-0.1, -0.05) is 13.8 Å². The van der Waals surface area contributed by atoms with Crippen LogP contribution in [-0.4, -0.2) is 30.2 Å². The van der Waals surface area contributed by atoms with Crippen molar-refractivity contribution in [1.29, 1.82) is 0 Å². The smallest absolute Gasteiger partial charge is 0.332 e. The standard InChI is InChI=1S/C22H30N4O4/c1-3-5-25-16-15(17(27)26(6-4-2)20(25)30)23-18(24-16)21-8-13-7-14(9-21)11-22(10-13,12-21)19(28)29/h13-14H,3-12H2,1-2H3,(H,23,24)(H,28,29). The summed E-state index contributed by atoms with van der Waals surface area (Å²) in [7, 11) is 0. The molecule has 4 saturated carbocycles. The van der Waals surface area contributed by atoms with Crippen molar-refractivity contribution in [2.75, 3.05) is 0 Å². The molecule has 2 aromatic heterocycles. The lowest BCUT2D eigenvalue weighted by Gasteiger charge is -2.59. The lowest BCUT2D eigenvalue weighted by molar-refractivity contribution is -0.167. The molecule has 4 aliphatic rings. The molecule has 4 fully saturated rings. The van der Waals surface area contributed by atoms with E-state index in [0.717, 1.165) is 38.5 Å². The Kier molecular flexibility index (Phi) is 4.28. The first-order chi connectivity index (χ1) is 14.3. The predicted molar refractivity (Wildman–Crippen MR) is 112 cm³/mol. The van der Waals surface area contributed by atoms with E-state index in [-0.39, 0.29) is 16.7 Å². The van der Waals surface area contributed by atoms with Crippen molar-refractivity contribution in [3.8, 4) is 0 Å². The van der Waals surface area contributed by atoms with Gasteiger partial charge in [0.15, 0.2) is 5.65 Å². The number of H-pyrrole nitrogens is 1. The second kappa shape index (κ2) is 6.56. The summed E-state index contributed by atoms with van der Waals surface area (Å²) in [6, 6.07) is 0. The average Bonchev–Trinajstić information content (AvgIpc) is 3.14. The molecule has 0 spiro atoms. The largest absolute Gasteiger partial charge is 0.481 e. The first kappa shape index (κ1) is 19.6. The molecule has 0 radical (unpaired) electrons. The minimum Gasteiger partial charge on any atom is -0.481 e. The maximum Gasteiger partial charge on any atom is 0.332 e. The second-order valence-corrected chi connectivity index (χ2v) is 10.0. The topological polar surface area (TPSA) is 110 Å². The molecular formula is C22H30N4O4. The first-order valence-corrected chi connectivity index (χ1v) is 11.3. The van der Waals surface area contributed by atoms with Crippen LogP contribution in [0.4, 0.5) is 0 Å². The summed E-state index contributed by atoms with van der Waals surface area (Å²) in [5.41, 5.74) is -0.825. The van der Waals surface area contributed by atoms with Crippen LogP contribution in [0, 0.1) is 17.3 Å². The molecule has 2 atom stereocenters. The van der Waals surface area contributed by atoms with Crippen LogP contribution in [0.2, 0.25) is 0 Å². The Morgan fingerprint density at radius 3 is 2.33 bits per heavy atom. The van der Waals surface area contributed by atoms with E-state index in [9.17, 15) is 19.5 Å². The van der Waals surface area contributed by atoms with Gasteiger partial charge in [0.1, 0.15) is 11.3 Å². The van der Waals surface area contributed by atoms with Gasteiger partial charge in [-0.2, -0.15) is 0 Å². The second-order valence-electron chi connectivity index (χ2n) is 10.0. The summed E-state index contributed by atoms with van der Waals surface area (Å²) in [6.45, 7) is 4.82. The van der Waals surface area contributed by atoms with Gasteiger partial charge >= 0.3 is 11.7 Å². The van der Waals surface area contributed by atoms with Gasteiger partial charge in [0.05, 0.1) is 5.41 Å². The molecular weight excluding hydrogens is 384 g/mol. The lowest BCUT2D eigenvalue weighted by atomic mass is 9.44. The number of aliphatic carboxylic acids is 1. The van der Waals surface area contributed by atoms with Crippen molar-refractivity contribution in [2.24, 2.45) is 17.3 Å². The third-order valence-corrected chi connectivity index (χ3v) is 7.77. The third-order valence-electron chi connectivity index (χ3n) is 7.77. The fourth-order valence-corrected chi connectivity index (χ4v) is 7.05. The normalized spacial score (nSPS) is 32.2. The number of nitrogens with one attached hydrogen (secondary N) is 1. The quantitative estimate of drug-likeness (QED) is 0.755. The van der Waals surface area contributed by atoms with E-state index < -0.39 is 11.4 Å². The molecule has 2 unspecified atom stereocenters. The molecule has 4 aliphatic carbocycles. The Morgan fingerprint density at radius 2 is 1.73 bits per heavy atom. The highest BCUT2D eigenvalue weighted by atomic mass is 16.4. The van der Waals surface area contributed by atoms with Crippen LogP contribution < -0.4 is 11.2 Å². The Labute approximate surface area is 174 Å². The van der Waals surface area contributed by atoms with Gasteiger partial charge in [-0.05, 0) is 63.2 Å². The number of hydrogen-bond donors (Lipinski definition) is 2. The summed E-state index contributed by atoms with van der Waals surface area (Å²) in [5.74, 6) is 0.813. The van der Waals surface area contributed by atoms with E-state index in [1.54, 1.807) is 4.57 Å². The van der Waals surface area contributed by atoms with Gasteiger partial charge < -0.3 is 10.1 Å². The monoisotopic (exact) mass is 414 g/mol. The van der Waals surface area contributed by atoms with Crippen LogP contribution >= 0.6 is 0 Å². The van der Waals surface area contributed by atoms with E-state index in [1.807, 2.05) is 13.8 Å². The SMILES string of the molecule is CCCn1c(=O)c2[nH]c(C34CC5CC(CC(C(=O)O)(C5)C3)C4)nc2n(CCC)c1=O. The Morgan fingerprint density at radius 1 is 1.10 bits per heavy atom. The number of fused-ring (bicyclic) bond motifs is 1. The van der Waals surface area contributed by atoms with Gasteiger partial charge in [0.2, 0.25) is 0 Å². The van der Waals surface area contributed by atoms with E-state index in [1.165, 1.54) is 4.57 Å². The Hall–Kier alpha value is -2.38. The van der Waals surface area contributed by atoms with Crippen molar-refractivity contribution in [3.63, 3.8) is 0 Å². The molecule has 2 aromatic rings. The summed E-state index contributed by atoms with van der Waals surface area (Å²) in [4.78, 5) is 46.4. The Bertz CT molecular complexity index is 1130. The number of nitrogens with zero attached hydrogens (tertiary/aromatic N) is 3. The molecule has 0 amide bonds. The van der Waals surface area contributed by atoms with Crippen LogP contribution in [0.5, 0.6) is 0 Å². The summed E-state index contributed by atoms with van der Waals surface area (Å²) < 4.78 is 2.91. The molecule has 8 heteroatoms. The molecule has 0 aromatic carbocycles. The van der Waals surface area contributed by atoms with Crippen molar-refractivity contribution < 1.29 is 9.90 Å². The summed E-state index contributed by atoms with van der Waals surface area (Å²) in [6.07, 6.45) is 6.47. The van der Waals surface area contributed by atoms with E-state index in [2.05, 4.69) is 4.98 Å². The number of carboxylic acids is 1. The van der Waals surface area contributed by atoms with Crippen LogP contribution in [0.25, 0.3) is 11.2 Å². The summed E-state index contributed by atoms with van der Waals surface area (Å²) >= 11 is 0. The van der Waals surface area contributed by atoms with Crippen LogP contribution in [-0.2, 0) is 23.3 Å². The molecule has 2 N–H and O–H groups in total. The minimum absolute atomic E-state index is 0.304. The highest BCUT2D eigenvalue weighted by Gasteiger charge is 2.62. The fourth-order valence-electron chi connectivity index (χ4n) is 7.05. The maximum atomic E-state index is 13.1. The van der Waals surface area contributed by atoms with Crippen LogP contribution in [0.3, 0.4) is 0 Å². The maximum absolute atomic E-state index is 13.1. The van der Waals surface area contributed by atoms with Crippen molar-refractivity contribution in [2.45, 2.75) is 83.7 Å². The van der Waals surface area contributed by atoms with Gasteiger partial charge in [-0.3, -0.25) is 18.7 Å². The van der Waals surface area contributed by atoms with E-state index >= 15 is 0 Å². The van der Waals surface area contributed by atoms with Crippen molar-refractivity contribution in [3.05, 3.63) is 26.7 Å². The summed E-state index contributed by atoms with van der Waals surface area (Å²) in [5, 5.41) is 10.0. The number of carboxylic acid groups (broad SMARTS) is 1. The number of rotatable bonds is 6. The minimum atomic E-state index is -0.690. The van der Waals surface area contributed by atoms with E-state index in [0.29, 0.717) is 54.8 Å². The van der Waals surface area contributed by atoms with Gasteiger partial charge in [-0.15, -0.1) is 0 Å². The fraction of sp³-hybridized carbons (Fsp3) is 0.727. The van der Waals surface area contributed by atoms with Crippen LogP contribution in [0.15, 0.2) is 9.59 Å². The first-order valence-electron chi connectivity index (χ1n) is 11.3. The molecule has 162 valence electrons. The molecule has 0 saturated heterocycles. The van der Waals surface area contributed by atoms with Crippen molar-refractivity contribution in [1.82, 2.24) is 19.1 Å². The Balaban J connectivity index is 1.70. The predicted octanol–water partition coefficient (Wildman–Crippen LogP) is 2.63. The zero-order valence-corrected chi connectivity index (χ0v) is 17.7. The average molecular weight is 415 g/mol. The number of hydrogen-bond acceptors (Lipinski definition) is 4. The number of aromatic amines is 1. The van der Waals surface area contributed by atoms with Gasteiger partial charge in [0.25, 0.3) is 5.56 Å². The third kappa shape index (κ3) is 2.58. The number of aryl methyl sites for hydroxylation is 1. The molecule has 4 bridgehead atoms. The zero-order chi connectivity index (χ0) is 21.3. The molecule has 8 nitrogen and oxygen atoms in total. The van der Waals surface area contributed by atoms with Crippen molar-refractivity contribution >= 4 is 17.1 Å². The number of imidazole rings is 1. The molecule has 2 heterocycles. The van der Waals surface area contributed by atoms with Gasteiger partial charge in [0, 0.05) is 18.5 Å². The van der Waals surface area contributed by atoms with E-state index in [4.69, 9.17) is 4.98 Å². The number of carbonyl (C=O) groups is 1. The molecule has 0 aliphatic heterocycles. The zero-order valence-electron chi connectivity index (χ0n) is 17.7. The number of aromatic nitrogens is 4. The van der Waals surface area contributed by atoms with Crippen LogP contribution in [0.1, 0.15) is 71.0 Å².